The highest BCUT2D eigenvalue weighted by atomic mass is 19.1. The third-order valence-corrected chi connectivity index (χ3v) is 3.52. The molecule has 124 valence electrons. The predicted molar refractivity (Wildman–Crippen MR) is 86.6 cm³/mol. The van der Waals surface area contributed by atoms with Crippen LogP contribution in [-0.2, 0) is 11.3 Å². The monoisotopic (exact) mass is 329 g/mol. The van der Waals surface area contributed by atoms with Crippen LogP contribution in [0.25, 0.3) is 0 Å². The normalized spacial score (nSPS) is 11.6. The summed E-state index contributed by atoms with van der Waals surface area (Å²) in [6.07, 6.45) is 3.95. The number of nitrogens with zero attached hydrogens (tertiary/aromatic N) is 1. The van der Waals surface area contributed by atoms with Crippen LogP contribution in [0.2, 0.25) is 0 Å². The number of carbonyl (C=O) groups is 1. The van der Waals surface area contributed by atoms with Gasteiger partial charge in [0.15, 0.2) is 0 Å². The molecule has 0 saturated carbocycles. The maximum atomic E-state index is 13.2. The van der Waals surface area contributed by atoms with Crippen LogP contribution in [0.1, 0.15) is 23.7 Å². The van der Waals surface area contributed by atoms with Gasteiger partial charge in [0.2, 0.25) is 5.91 Å². The molecule has 0 aromatic heterocycles. The lowest BCUT2D eigenvalue weighted by Gasteiger charge is -2.22. The van der Waals surface area contributed by atoms with Gasteiger partial charge in [-0.05, 0) is 35.4 Å². The topological polar surface area (TPSA) is 40.5 Å². The molecular weight excluding hydrogens is 312 g/mol. The molecule has 0 aliphatic carbocycles. The van der Waals surface area contributed by atoms with Crippen LogP contribution in [0.3, 0.4) is 0 Å². The number of hydrogen-bond donors (Lipinski definition) is 1. The van der Waals surface area contributed by atoms with Crippen molar-refractivity contribution < 1.29 is 18.7 Å². The number of amides is 1. The highest BCUT2D eigenvalue weighted by molar-refractivity contribution is 5.77. The maximum absolute atomic E-state index is 13.2. The molecule has 5 heteroatoms. The second-order valence-corrected chi connectivity index (χ2v) is 5.36. The highest BCUT2D eigenvalue weighted by Crippen LogP contribution is 2.19. The van der Waals surface area contributed by atoms with Crippen molar-refractivity contribution in [2.45, 2.75) is 19.1 Å². The zero-order valence-corrected chi connectivity index (χ0v) is 13.0. The van der Waals surface area contributed by atoms with E-state index in [1.54, 1.807) is 18.2 Å². The Balaban J connectivity index is 2.05. The molecule has 0 bridgehead atoms. The van der Waals surface area contributed by atoms with Crippen molar-refractivity contribution in [1.29, 1.82) is 0 Å². The van der Waals surface area contributed by atoms with Gasteiger partial charge in [-0.25, -0.2) is 8.78 Å². The smallest absolute Gasteiger partial charge is 0.226 e. The first-order valence-corrected chi connectivity index (χ1v) is 7.39. The average Bonchev–Trinajstić information content (AvgIpc) is 2.56. The summed E-state index contributed by atoms with van der Waals surface area (Å²) in [5.74, 6) is 1.18. The maximum Gasteiger partial charge on any atom is 0.226 e. The zero-order chi connectivity index (χ0) is 17.5. The summed E-state index contributed by atoms with van der Waals surface area (Å²) in [5.41, 5.74) is 1.05. The van der Waals surface area contributed by atoms with Crippen molar-refractivity contribution in [2.75, 3.05) is 6.54 Å². The second kappa shape index (κ2) is 8.23. The van der Waals surface area contributed by atoms with E-state index < -0.39 is 11.9 Å². The molecule has 0 fully saturated rings. The Kier molecular flexibility index (Phi) is 6.05. The van der Waals surface area contributed by atoms with E-state index in [1.165, 1.54) is 35.2 Å². The van der Waals surface area contributed by atoms with Crippen LogP contribution in [0, 0.1) is 24.0 Å². The number of carbonyl (C=O) groups excluding carboxylic acids is 1. The van der Waals surface area contributed by atoms with Gasteiger partial charge in [-0.15, -0.1) is 6.42 Å². The van der Waals surface area contributed by atoms with Crippen LogP contribution in [0.4, 0.5) is 8.78 Å². The van der Waals surface area contributed by atoms with Crippen LogP contribution in [0.5, 0.6) is 0 Å². The molecule has 24 heavy (non-hydrogen) atoms. The molecule has 3 nitrogen and oxygen atoms in total. The summed E-state index contributed by atoms with van der Waals surface area (Å²) in [5, 5.41) is 10.1. The molecular formula is C19H17F2NO2. The fourth-order valence-corrected chi connectivity index (χ4v) is 2.28. The second-order valence-electron chi connectivity index (χ2n) is 5.36. The minimum atomic E-state index is -1.12. The van der Waals surface area contributed by atoms with Crippen molar-refractivity contribution >= 4 is 5.91 Å². The van der Waals surface area contributed by atoms with E-state index in [9.17, 15) is 18.7 Å². The van der Waals surface area contributed by atoms with Crippen LogP contribution >= 0.6 is 0 Å². The number of aliphatic hydroxyl groups excluding tert-OH is 1. The Bertz CT molecular complexity index is 738. The fourth-order valence-electron chi connectivity index (χ4n) is 2.28. The van der Waals surface area contributed by atoms with Crippen molar-refractivity contribution in [2.24, 2.45) is 0 Å². The molecule has 0 aliphatic heterocycles. The van der Waals surface area contributed by atoms with Gasteiger partial charge in [0.05, 0.1) is 19.1 Å². The molecule has 0 aliphatic rings. The number of aliphatic hydroxyl groups is 1. The summed E-state index contributed by atoms with van der Waals surface area (Å²) < 4.78 is 26.1. The van der Waals surface area contributed by atoms with Crippen LogP contribution in [-0.4, -0.2) is 22.5 Å². The summed E-state index contributed by atoms with van der Waals surface area (Å²) >= 11 is 0. The average molecular weight is 329 g/mol. The number of hydrogen-bond acceptors (Lipinski definition) is 2. The van der Waals surface area contributed by atoms with E-state index in [4.69, 9.17) is 6.42 Å². The Morgan fingerprint density at radius 3 is 2.50 bits per heavy atom. The van der Waals surface area contributed by atoms with Gasteiger partial charge in [-0.2, -0.15) is 0 Å². The first kappa shape index (κ1) is 17.6. The summed E-state index contributed by atoms with van der Waals surface area (Å²) in [6.45, 7) is 0.269. The van der Waals surface area contributed by atoms with E-state index in [0.717, 1.165) is 5.56 Å². The van der Waals surface area contributed by atoms with E-state index in [2.05, 4.69) is 5.92 Å². The summed E-state index contributed by atoms with van der Waals surface area (Å²) in [4.78, 5) is 13.8. The molecule has 0 heterocycles. The minimum Gasteiger partial charge on any atom is -0.388 e. The quantitative estimate of drug-likeness (QED) is 0.828. The van der Waals surface area contributed by atoms with E-state index >= 15 is 0 Å². The van der Waals surface area contributed by atoms with E-state index in [-0.39, 0.29) is 31.2 Å². The highest BCUT2D eigenvalue weighted by Gasteiger charge is 2.19. The van der Waals surface area contributed by atoms with Crippen molar-refractivity contribution in [3.05, 3.63) is 71.3 Å². The Morgan fingerprint density at radius 2 is 1.88 bits per heavy atom. The molecule has 1 amide bonds. The standard InChI is InChI=1S/C19H17F2NO2/c1-2-10-22(13-14-6-8-16(20)9-7-14)19(24)12-18(23)15-4-3-5-17(21)11-15/h1,3-9,11,18,23H,10,12-13H2. The van der Waals surface area contributed by atoms with Gasteiger partial charge >= 0.3 is 0 Å². The van der Waals surface area contributed by atoms with Gasteiger partial charge in [0, 0.05) is 6.54 Å². The molecule has 0 radical (unpaired) electrons. The number of halogens is 2. The molecule has 0 spiro atoms. The molecule has 1 atom stereocenters. The number of benzene rings is 2. The van der Waals surface area contributed by atoms with Gasteiger partial charge in [-0.1, -0.05) is 30.2 Å². The Morgan fingerprint density at radius 1 is 1.17 bits per heavy atom. The third kappa shape index (κ3) is 4.90. The fraction of sp³-hybridized carbons (Fsp3) is 0.211. The van der Waals surface area contributed by atoms with Gasteiger partial charge in [0.1, 0.15) is 11.6 Å². The van der Waals surface area contributed by atoms with E-state index in [0.29, 0.717) is 5.56 Å². The van der Waals surface area contributed by atoms with Gasteiger partial charge in [0.25, 0.3) is 0 Å². The SMILES string of the molecule is C#CCN(Cc1ccc(F)cc1)C(=O)CC(O)c1cccc(F)c1. The van der Waals surface area contributed by atoms with Crippen LogP contribution in [0.15, 0.2) is 48.5 Å². The lowest BCUT2D eigenvalue weighted by molar-refractivity contribution is -0.133. The lowest BCUT2D eigenvalue weighted by Crippen LogP contribution is -2.32. The Labute approximate surface area is 139 Å². The van der Waals surface area contributed by atoms with Crippen molar-refractivity contribution in [3.8, 4) is 12.3 Å². The zero-order valence-electron chi connectivity index (χ0n) is 13.0. The van der Waals surface area contributed by atoms with Crippen molar-refractivity contribution in [1.82, 2.24) is 4.90 Å². The largest absolute Gasteiger partial charge is 0.388 e. The first-order valence-electron chi connectivity index (χ1n) is 7.39. The lowest BCUT2D eigenvalue weighted by atomic mass is 10.1. The number of terminal acetylenes is 1. The molecule has 2 rings (SSSR count). The summed E-state index contributed by atoms with van der Waals surface area (Å²) in [7, 11) is 0. The summed E-state index contributed by atoms with van der Waals surface area (Å²) in [6, 6.07) is 11.2. The predicted octanol–water partition coefficient (Wildman–Crippen LogP) is 3.05. The van der Waals surface area contributed by atoms with Gasteiger partial charge < -0.3 is 10.0 Å². The van der Waals surface area contributed by atoms with Crippen molar-refractivity contribution in [3.63, 3.8) is 0 Å². The molecule has 2 aromatic carbocycles. The Hall–Kier alpha value is -2.71. The van der Waals surface area contributed by atoms with E-state index in [1.807, 2.05) is 0 Å². The first-order chi connectivity index (χ1) is 11.5. The third-order valence-electron chi connectivity index (χ3n) is 3.52. The van der Waals surface area contributed by atoms with Gasteiger partial charge in [-0.3, -0.25) is 4.79 Å². The molecule has 1 N–H and O–H groups in total. The minimum absolute atomic E-state index is 0.0616. The van der Waals surface area contributed by atoms with Crippen LogP contribution < -0.4 is 0 Å². The number of rotatable bonds is 6. The molecule has 2 aromatic rings. The molecule has 0 saturated heterocycles. The molecule has 1 unspecified atom stereocenters.